The molecule has 2 atom stereocenters. The number of aliphatic hydroxyl groups is 1. The number of benzene rings is 1. The van der Waals surface area contributed by atoms with Crippen molar-refractivity contribution in [1.29, 1.82) is 0 Å². The van der Waals surface area contributed by atoms with Gasteiger partial charge < -0.3 is 20.2 Å². The summed E-state index contributed by atoms with van der Waals surface area (Å²) in [5.74, 6) is -0.608. The van der Waals surface area contributed by atoms with Crippen molar-refractivity contribution >= 4 is 28.8 Å². The van der Waals surface area contributed by atoms with Crippen LogP contribution in [0.3, 0.4) is 0 Å². The number of hydrogen-bond acceptors (Lipinski definition) is 7. The highest BCUT2D eigenvalue weighted by molar-refractivity contribution is 6.10. The van der Waals surface area contributed by atoms with Gasteiger partial charge in [0, 0.05) is 50.2 Å². The number of carbonyl (C=O) groups is 2. The Morgan fingerprint density at radius 1 is 1.29 bits per heavy atom. The molecule has 0 bridgehead atoms. The van der Waals surface area contributed by atoms with Gasteiger partial charge in [-0.2, -0.15) is 5.10 Å². The third-order valence-electron chi connectivity index (χ3n) is 7.95. The van der Waals surface area contributed by atoms with Gasteiger partial charge in [0.2, 0.25) is 0 Å². The highest BCUT2D eigenvalue weighted by atomic mass is 19.1. The molecule has 10 nitrogen and oxygen atoms in total. The molecule has 2 amide bonds. The van der Waals surface area contributed by atoms with Gasteiger partial charge in [-0.05, 0) is 57.0 Å². The van der Waals surface area contributed by atoms with Gasteiger partial charge in [0.15, 0.2) is 5.65 Å². The third kappa shape index (κ3) is 4.39. The lowest BCUT2D eigenvalue weighted by molar-refractivity contribution is -0.0159. The average Bonchev–Trinajstić information content (AvgIpc) is 3.60. The van der Waals surface area contributed by atoms with Crippen molar-refractivity contribution in [2.24, 2.45) is 0 Å². The summed E-state index contributed by atoms with van der Waals surface area (Å²) in [5.41, 5.74) is 1.85. The first-order valence-corrected chi connectivity index (χ1v) is 13.1. The quantitative estimate of drug-likeness (QED) is 0.513. The maximum atomic E-state index is 14.7. The largest absolute Gasteiger partial charge is 0.387 e. The molecule has 200 valence electrons. The summed E-state index contributed by atoms with van der Waals surface area (Å²) in [4.78, 5) is 37.1. The minimum absolute atomic E-state index is 0.206. The van der Waals surface area contributed by atoms with E-state index in [1.165, 1.54) is 31.4 Å². The van der Waals surface area contributed by atoms with Crippen LogP contribution >= 0.6 is 0 Å². The Labute approximate surface area is 220 Å². The fourth-order valence-electron chi connectivity index (χ4n) is 5.72. The van der Waals surface area contributed by atoms with E-state index in [1.807, 2.05) is 12.1 Å². The molecule has 3 aromatic rings. The van der Waals surface area contributed by atoms with Gasteiger partial charge in [0.25, 0.3) is 11.8 Å². The van der Waals surface area contributed by atoms with Gasteiger partial charge in [0.1, 0.15) is 11.7 Å². The average molecular weight is 522 g/mol. The Morgan fingerprint density at radius 3 is 2.95 bits per heavy atom. The maximum Gasteiger partial charge on any atom is 0.261 e. The molecule has 2 saturated heterocycles. The van der Waals surface area contributed by atoms with Gasteiger partial charge in [0.05, 0.1) is 29.7 Å². The lowest BCUT2D eigenvalue weighted by Crippen LogP contribution is -2.50. The molecule has 3 aliphatic rings. The van der Waals surface area contributed by atoms with Crippen molar-refractivity contribution in [3.63, 3.8) is 0 Å². The molecule has 5 heterocycles. The highest BCUT2D eigenvalue weighted by Crippen LogP contribution is 2.37. The third-order valence-corrected chi connectivity index (χ3v) is 7.95. The number of fused-ring (bicyclic) bond motifs is 3. The number of piperazine rings is 1. The van der Waals surface area contributed by atoms with E-state index in [-0.39, 0.29) is 24.9 Å². The van der Waals surface area contributed by atoms with E-state index in [1.54, 1.807) is 23.0 Å². The number of aromatic nitrogens is 3. The minimum atomic E-state index is -1.59. The lowest BCUT2D eigenvalue weighted by Gasteiger charge is -2.39. The summed E-state index contributed by atoms with van der Waals surface area (Å²) in [7, 11) is 0. The Balaban J connectivity index is 1.33. The van der Waals surface area contributed by atoms with E-state index in [2.05, 4.69) is 25.2 Å². The molecule has 2 N–H and O–H groups in total. The predicted octanol–water partition coefficient (Wildman–Crippen LogP) is 2.33. The molecule has 1 aromatic carbocycles. The Hall–Kier alpha value is -3.57. The Morgan fingerprint density at radius 2 is 2.13 bits per heavy atom. The van der Waals surface area contributed by atoms with Gasteiger partial charge in [-0.3, -0.25) is 14.5 Å². The molecule has 2 unspecified atom stereocenters. The van der Waals surface area contributed by atoms with Crippen LogP contribution in [0.5, 0.6) is 0 Å². The molecule has 2 fully saturated rings. The normalized spacial score (nSPS) is 20.6. The lowest BCUT2D eigenvalue weighted by atomic mass is 10.0. The number of hydrogen-bond donors (Lipinski definition) is 2. The van der Waals surface area contributed by atoms with E-state index in [4.69, 9.17) is 0 Å². The monoisotopic (exact) mass is 521 g/mol. The number of nitrogens with zero attached hydrogens (tertiary/aromatic N) is 6. The second kappa shape index (κ2) is 9.32. The van der Waals surface area contributed by atoms with Gasteiger partial charge in [-0.1, -0.05) is 0 Å². The van der Waals surface area contributed by atoms with Crippen LogP contribution in [0.1, 0.15) is 53.0 Å². The van der Waals surface area contributed by atoms with Gasteiger partial charge in [-0.25, -0.2) is 13.9 Å². The van der Waals surface area contributed by atoms with E-state index in [9.17, 15) is 19.1 Å². The SMILES string of the molecule is CC(C)(O)C(F)CN1Cc2cc(NC(=O)c3cnn4cccnc34)c(N3CCN4CCCC4C3)cc2C1=O. The highest BCUT2D eigenvalue weighted by Gasteiger charge is 2.37. The second-order valence-corrected chi connectivity index (χ2v) is 11.0. The second-order valence-electron chi connectivity index (χ2n) is 11.0. The van der Waals surface area contributed by atoms with Crippen LogP contribution < -0.4 is 10.2 Å². The summed E-state index contributed by atoms with van der Waals surface area (Å²) >= 11 is 0. The first kappa shape index (κ1) is 24.7. The predicted molar refractivity (Wildman–Crippen MR) is 140 cm³/mol. The molecule has 11 heteroatoms. The van der Waals surface area contributed by atoms with Crippen LogP contribution in [0.4, 0.5) is 15.8 Å². The fourth-order valence-corrected chi connectivity index (χ4v) is 5.72. The van der Waals surface area contributed by atoms with Crippen LogP contribution in [0.15, 0.2) is 36.8 Å². The summed E-state index contributed by atoms with van der Waals surface area (Å²) < 4.78 is 16.2. The van der Waals surface area contributed by atoms with Crippen molar-refractivity contribution in [3.05, 3.63) is 53.5 Å². The number of nitrogens with one attached hydrogen (secondary N) is 1. The smallest absolute Gasteiger partial charge is 0.261 e. The molecule has 38 heavy (non-hydrogen) atoms. The fraction of sp³-hybridized carbons (Fsp3) is 0.481. The number of alkyl halides is 1. The van der Waals surface area contributed by atoms with Crippen LogP contribution in [0.2, 0.25) is 0 Å². The zero-order valence-electron chi connectivity index (χ0n) is 21.6. The van der Waals surface area contributed by atoms with Gasteiger partial charge in [-0.15, -0.1) is 0 Å². The van der Waals surface area contributed by atoms with Crippen LogP contribution in [0.25, 0.3) is 5.65 Å². The summed E-state index contributed by atoms with van der Waals surface area (Å²) in [6.07, 6.45) is 5.55. The molecular weight excluding hydrogens is 489 g/mol. The van der Waals surface area contributed by atoms with E-state index in [0.29, 0.717) is 28.5 Å². The minimum Gasteiger partial charge on any atom is -0.387 e. The van der Waals surface area contributed by atoms with Gasteiger partial charge >= 0.3 is 0 Å². The number of halogens is 1. The van der Waals surface area contributed by atoms with E-state index >= 15 is 0 Å². The number of carbonyl (C=O) groups excluding carboxylic acids is 2. The van der Waals surface area contributed by atoms with E-state index in [0.717, 1.165) is 43.9 Å². The summed E-state index contributed by atoms with van der Waals surface area (Å²) in [6, 6.07) is 5.85. The van der Waals surface area contributed by atoms with E-state index < -0.39 is 11.8 Å². The Kier molecular flexibility index (Phi) is 6.07. The van der Waals surface area contributed by atoms with Crippen molar-refractivity contribution in [3.8, 4) is 0 Å². The molecule has 0 radical (unpaired) electrons. The van der Waals surface area contributed by atoms with Crippen LogP contribution in [-0.4, -0.2) is 91.9 Å². The molecule has 0 aliphatic carbocycles. The van der Waals surface area contributed by atoms with Crippen molar-refractivity contribution in [2.75, 3.05) is 42.9 Å². The molecule has 0 saturated carbocycles. The van der Waals surface area contributed by atoms with Crippen molar-refractivity contribution < 1.29 is 19.1 Å². The summed E-state index contributed by atoms with van der Waals surface area (Å²) in [5, 5.41) is 17.3. The molecule has 3 aliphatic heterocycles. The summed E-state index contributed by atoms with van der Waals surface area (Å²) in [6.45, 7) is 6.41. The molecule has 2 aromatic heterocycles. The van der Waals surface area contributed by atoms with Crippen LogP contribution in [-0.2, 0) is 6.54 Å². The standard InChI is InChI=1S/C27H32FN7O3/c1-27(2,38)23(28)16-34-14-17-11-21(31-25(36)20-13-30-35-8-4-6-29-24(20)35)22(12-19(17)26(34)37)33-10-9-32-7-3-5-18(32)15-33/h4,6,8,11-13,18,23,38H,3,5,7,9-10,14-16H2,1-2H3,(H,31,36). The zero-order valence-corrected chi connectivity index (χ0v) is 21.6. The number of amides is 2. The van der Waals surface area contributed by atoms with Crippen LogP contribution in [0, 0.1) is 0 Å². The Bertz CT molecular complexity index is 1400. The molecule has 6 rings (SSSR count). The molecule has 0 spiro atoms. The van der Waals surface area contributed by atoms with Crippen molar-refractivity contribution in [2.45, 2.75) is 51.0 Å². The zero-order chi connectivity index (χ0) is 26.6. The van der Waals surface area contributed by atoms with Crippen molar-refractivity contribution in [1.82, 2.24) is 24.4 Å². The number of anilines is 2. The first-order valence-electron chi connectivity index (χ1n) is 13.1. The maximum absolute atomic E-state index is 14.7. The molecular formula is C27H32FN7O3. The topological polar surface area (TPSA) is 106 Å². The first-order chi connectivity index (χ1) is 18.2. The number of rotatable bonds is 6.